The van der Waals surface area contributed by atoms with Gasteiger partial charge in [-0.2, -0.15) is 0 Å². The number of rotatable bonds is 3. The highest BCUT2D eigenvalue weighted by Gasteiger charge is 2.26. The van der Waals surface area contributed by atoms with Crippen molar-refractivity contribution in [2.45, 2.75) is 65.7 Å². The third kappa shape index (κ3) is 4.07. The Balaban J connectivity index is 2.35. The summed E-state index contributed by atoms with van der Waals surface area (Å²) in [6.45, 7) is 16.2. The standard InChI is InChI=1S/C28H34/c1-8-20-18-24(26(28(5,6)7)19-25(20)27(2,3)4)23-17-13-12-16-22(23)21-14-10-9-11-15-21/h9-19H,8H2,1-7H3. The zero-order chi connectivity index (χ0) is 20.5. The van der Waals surface area contributed by atoms with Gasteiger partial charge in [-0.1, -0.05) is 115 Å². The Bertz CT molecular complexity index is 948. The first-order chi connectivity index (χ1) is 13.1. The molecule has 3 aromatic rings. The van der Waals surface area contributed by atoms with Crippen LogP contribution in [-0.2, 0) is 17.3 Å². The van der Waals surface area contributed by atoms with Crippen molar-refractivity contribution < 1.29 is 0 Å². The molecular weight excluding hydrogens is 336 g/mol. The molecule has 28 heavy (non-hydrogen) atoms. The Morgan fingerprint density at radius 3 is 1.64 bits per heavy atom. The molecule has 3 aromatic carbocycles. The molecule has 0 aliphatic rings. The first-order valence-electron chi connectivity index (χ1n) is 10.5. The minimum absolute atomic E-state index is 0.0748. The summed E-state index contributed by atoms with van der Waals surface area (Å²) in [6, 6.07) is 24.5. The van der Waals surface area contributed by atoms with E-state index < -0.39 is 0 Å². The third-order valence-corrected chi connectivity index (χ3v) is 5.54. The summed E-state index contributed by atoms with van der Waals surface area (Å²) < 4.78 is 0. The fraction of sp³-hybridized carbons (Fsp3) is 0.357. The fourth-order valence-electron chi connectivity index (χ4n) is 4.07. The van der Waals surface area contributed by atoms with Gasteiger partial charge in [0.1, 0.15) is 0 Å². The summed E-state index contributed by atoms with van der Waals surface area (Å²) in [6.07, 6.45) is 1.05. The van der Waals surface area contributed by atoms with Crippen molar-refractivity contribution in [3.8, 4) is 22.3 Å². The van der Waals surface area contributed by atoms with E-state index in [1.165, 1.54) is 38.9 Å². The van der Waals surface area contributed by atoms with E-state index >= 15 is 0 Å². The monoisotopic (exact) mass is 370 g/mol. The highest BCUT2D eigenvalue weighted by atomic mass is 14.3. The van der Waals surface area contributed by atoms with Crippen LogP contribution in [0.3, 0.4) is 0 Å². The van der Waals surface area contributed by atoms with Gasteiger partial charge >= 0.3 is 0 Å². The number of aryl methyl sites for hydroxylation is 1. The van der Waals surface area contributed by atoms with Gasteiger partial charge in [0.25, 0.3) is 0 Å². The topological polar surface area (TPSA) is 0 Å². The van der Waals surface area contributed by atoms with E-state index in [1.54, 1.807) is 0 Å². The van der Waals surface area contributed by atoms with Crippen LogP contribution >= 0.6 is 0 Å². The molecule has 146 valence electrons. The van der Waals surface area contributed by atoms with Crippen LogP contribution < -0.4 is 0 Å². The van der Waals surface area contributed by atoms with E-state index in [2.05, 4.69) is 115 Å². The van der Waals surface area contributed by atoms with Gasteiger partial charge in [-0.05, 0) is 56.2 Å². The van der Waals surface area contributed by atoms with E-state index in [4.69, 9.17) is 0 Å². The minimum Gasteiger partial charge on any atom is -0.0622 e. The van der Waals surface area contributed by atoms with E-state index in [-0.39, 0.29) is 10.8 Å². The number of benzene rings is 3. The Kier molecular flexibility index (Phi) is 5.53. The minimum atomic E-state index is 0.0748. The Morgan fingerprint density at radius 2 is 1.11 bits per heavy atom. The molecule has 3 rings (SSSR count). The van der Waals surface area contributed by atoms with E-state index in [1.807, 2.05) is 0 Å². The molecule has 0 N–H and O–H groups in total. The lowest BCUT2D eigenvalue weighted by atomic mass is 9.74. The highest BCUT2D eigenvalue weighted by molar-refractivity contribution is 5.85. The van der Waals surface area contributed by atoms with E-state index in [0.717, 1.165) is 6.42 Å². The first-order valence-corrected chi connectivity index (χ1v) is 10.5. The molecule has 0 saturated carbocycles. The summed E-state index contributed by atoms with van der Waals surface area (Å²) in [5.41, 5.74) is 9.85. The lowest BCUT2D eigenvalue weighted by Gasteiger charge is -2.30. The molecule has 0 fully saturated rings. The molecule has 0 bridgehead atoms. The van der Waals surface area contributed by atoms with E-state index in [9.17, 15) is 0 Å². The quantitative estimate of drug-likeness (QED) is 0.436. The molecule has 0 amide bonds. The van der Waals surface area contributed by atoms with Crippen LogP contribution in [0, 0.1) is 0 Å². The fourth-order valence-corrected chi connectivity index (χ4v) is 4.07. The van der Waals surface area contributed by atoms with E-state index in [0.29, 0.717) is 0 Å². The predicted octanol–water partition coefficient (Wildman–Crippen LogP) is 8.18. The van der Waals surface area contributed by atoms with Crippen molar-refractivity contribution in [1.82, 2.24) is 0 Å². The summed E-state index contributed by atoms with van der Waals surface area (Å²) in [4.78, 5) is 0. The van der Waals surface area contributed by atoms with Gasteiger partial charge in [0.2, 0.25) is 0 Å². The summed E-state index contributed by atoms with van der Waals surface area (Å²) >= 11 is 0. The molecule has 0 nitrogen and oxygen atoms in total. The summed E-state index contributed by atoms with van der Waals surface area (Å²) in [5.74, 6) is 0. The maximum absolute atomic E-state index is 2.48. The predicted molar refractivity (Wildman–Crippen MR) is 124 cm³/mol. The molecule has 0 aliphatic carbocycles. The molecule has 0 unspecified atom stereocenters. The third-order valence-electron chi connectivity index (χ3n) is 5.54. The van der Waals surface area contributed by atoms with Crippen LogP contribution in [0.5, 0.6) is 0 Å². The zero-order valence-electron chi connectivity index (χ0n) is 18.6. The van der Waals surface area contributed by atoms with Gasteiger partial charge < -0.3 is 0 Å². The maximum Gasteiger partial charge on any atom is -0.0102 e. The van der Waals surface area contributed by atoms with Gasteiger partial charge in [0, 0.05) is 0 Å². The number of hydrogen-bond donors (Lipinski definition) is 0. The molecule has 0 saturated heterocycles. The normalized spacial score (nSPS) is 12.2. The molecule has 0 heteroatoms. The van der Waals surface area contributed by atoms with Crippen LogP contribution in [-0.4, -0.2) is 0 Å². The van der Waals surface area contributed by atoms with Gasteiger partial charge in [-0.15, -0.1) is 0 Å². The zero-order valence-corrected chi connectivity index (χ0v) is 18.6. The molecule has 0 radical (unpaired) electrons. The van der Waals surface area contributed by atoms with Gasteiger partial charge in [-0.25, -0.2) is 0 Å². The second-order valence-corrected chi connectivity index (χ2v) is 9.82. The Labute approximate surface area is 171 Å². The summed E-state index contributed by atoms with van der Waals surface area (Å²) in [5, 5.41) is 0. The van der Waals surface area contributed by atoms with Crippen molar-refractivity contribution in [3.05, 3.63) is 83.4 Å². The molecule has 0 aromatic heterocycles. The first kappa shape index (κ1) is 20.4. The number of hydrogen-bond acceptors (Lipinski definition) is 0. The van der Waals surface area contributed by atoms with Gasteiger partial charge in [-0.3, -0.25) is 0 Å². The van der Waals surface area contributed by atoms with Crippen molar-refractivity contribution in [2.75, 3.05) is 0 Å². The Morgan fingerprint density at radius 1 is 0.571 bits per heavy atom. The second-order valence-electron chi connectivity index (χ2n) is 9.82. The van der Waals surface area contributed by atoms with Crippen LogP contribution in [0.2, 0.25) is 0 Å². The van der Waals surface area contributed by atoms with Gasteiger partial charge in [0.05, 0.1) is 0 Å². The van der Waals surface area contributed by atoms with Crippen molar-refractivity contribution >= 4 is 0 Å². The molecule has 0 spiro atoms. The maximum atomic E-state index is 2.48. The SMILES string of the molecule is CCc1cc(-c2ccccc2-c2ccccc2)c(C(C)(C)C)cc1C(C)(C)C. The van der Waals surface area contributed by atoms with Crippen LogP contribution in [0.1, 0.15) is 65.2 Å². The van der Waals surface area contributed by atoms with Crippen molar-refractivity contribution in [1.29, 1.82) is 0 Å². The Hall–Kier alpha value is -2.34. The molecular formula is C28H34. The van der Waals surface area contributed by atoms with Crippen LogP contribution in [0.25, 0.3) is 22.3 Å². The second kappa shape index (κ2) is 7.59. The lowest BCUT2D eigenvalue weighted by molar-refractivity contribution is 0.565. The molecule has 0 atom stereocenters. The smallest absolute Gasteiger partial charge is 0.0102 e. The van der Waals surface area contributed by atoms with Gasteiger partial charge in [0.15, 0.2) is 0 Å². The average molecular weight is 371 g/mol. The van der Waals surface area contributed by atoms with Crippen molar-refractivity contribution in [2.24, 2.45) is 0 Å². The van der Waals surface area contributed by atoms with Crippen molar-refractivity contribution in [3.63, 3.8) is 0 Å². The van der Waals surface area contributed by atoms with Crippen LogP contribution in [0.15, 0.2) is 66.7 Å². The average Bonchev–Trinajstić information content (AvgIpc) is 2.66. The molecule has 0 aliphatic heterocycles. The van der Waals surface area contributed by atoms with Crippen LogP contribution in [0.4, 0.5) is 0 Å². The largest absolute Gasteiger partial charge is 0.0622 e. The summed E-state index contributed by atoms with van der Waals surface area (Å²) in [7, 11) is 0. The molecule has 0 heterocycles. The highest BCUT2D eigenvalue weighted by Crippen LogP contribution is 2.41. The lowest BCUT2D eigenvalue weighted by Crippen LogP contribution is -2.19.